The molecule has 0 heterocycles. The van der Waals surface area contributed by atoms with Crippen molar-refractivity contribution in [1.82, 2.24) is 0 Å². The average Bonchev–Trinajstić information content (AvgIpc) is 2.45. The van der Waals surface area contributed by atoms with E-state index >= 15 is 0 Å². The van der Waals surface area contributed by atoms with Crippen molar-refractivity contribution in [2.75, 3.05) is 6.26 Å². The van der Waals surface area contributed by atoms with Crippen molar-refractivity contribution in [3.63, 3.8) is 0 Å². The second-order valence-corrected chi connectivity index (χ2v) is 7.07. The Morgan fingerprint density at radius 2 is 1.82 bits per heavy atom. The summed E-state index contributed by atoms with van der Waals surface area (Å²) in [5, 5.41) is 0. The lowest BCUT2D eigenvalue weighted by Crippen LogP contribution is -2.28. The first-order valence-corrected chi connectivity index (χ1v) is 7.49. The van der Waals surface area contributed by atoms with E-state index in [2.05, 4.69) is 0 Å². The summed E-state index contributed by atoms with van der Waals surface area (Å²) in [6, 6.07) is 0. The van der Waals surface area contributed by atoms with Gasteiger partial charge < -0.3 is 4.74 Å². The second-order valence-electron chi connectivity index (χ2n) is 5.47. The minimum atomic E-state index is -3.44. The van der Waals surface area contributed by atoms with Gasteiger partial charge in [0.1, 0.15) is 5.60 Å². The number of rotatable bonds is 3. The molecule has 0 radical (unpaired) electrons. The van der Waals surface area contributed by atoms with E-state index in [1.54, 1.807) is 0 Å². The topological polar surface area (TPSA) is 69.7 Å². The van der Waals surface area contributed by atoms with Gasteiger partial charge in [-0.05, 0) is 40.0 Å². The van der Waals surface area contributed by atoms with Crippen molar-refractivity contribution in [2.24, 2.45) is 5.92 Å². The molecule has 0 aromatic heterocycles. The van der Waals surface area contributed by atoms with E-state index in [-0.39, 0.29) is 18.0 Å². The highest BCUT2D eigenvalue weighted by atomic mass is 32.2. The van der Waals surface area contributed by atoms with Gasteiger partial charge in [0.15, 0.2) is 0 Å². The molecule has 0 unspecified atom stereocenters. The molecule has 1 aliphatic rings. The SMILES string of the molecule is CC(C)(C)OC(=O)[C@H]1CC[C@@H](OS(C)(=O)=O)C1. The molecule has 0 N–H and O–H groups in total. The molecule has 0 saturated heterocycles. The monoisotopic (exact) mass is 264 g/mol. The molecule has 0 aromatic carbocycles. The van der Waals surface area contributed by atoms with E-state index in [1.165, 1.54) is 0 Å². The molecule has 0 spiro atoms. The Morgan fingerprint density at radius 3 is 2.29 bits per heavy atom. The van der Waals surface area contributed by atoms with Crippen LogP contribution in [0.3, 0.4) is 0 Å². The molecule has 1 aliphatic carbocycles. The van der Waals surface area contributed by atoms with Crippen LogP contribution in [0.4, 0.5) is 0 Å². The number of ether oxygens (including phenoxy) is 1. The van der Waals surface area contributed by atoms with Gasteiger partial charge in [-0.15, -0.1) is 0 Å². The lowest BCUT2D eigenvalue weighted by atomic mass is 10.1. The molecule has 0 aromatic rings. The number of hydrogen-bond donors (Lipinski definition) is 0. The van der Waals surface area contributed by atoms with Crippen molar-refractivity contribution >= 4 is 16.1 Å². The fraction of sp³-hybridized carbons (Fsp3) is 0.909. The zero-order valence-corrected chi connectivity index (χ0v) is 11.5. The van der Waals surface area contributed by atoms with E-state index in [4.69, 9.17) is 8.92 Å². The van der Waals surface area contributed by atoms with Crippen LogP contribution in [0.25, 0.3) is 0 Å². The van der Waals surface area contributed by atoms with Crippen molar-refractivity contribution in [1.29, 1.82) is 0 Å². The van der Waals surface area contributed by atoms with Gasteiger partial charge in [-0.2, -0.15) is 8.42 Å². The molecule has 2 atom stereocenters. The maximum absolute atomic E-state index is 11.7. The van der Waals surface area contributed by atoms with E-state index in [0.717, 1.165) is 6.26 Å². The van der Waals surface area contributed by atoms with Crippen LogP contribution in [-0.2, 0) is 23.8 Å². The Labute approximate surface area is 103 Å². The maximum atomic E-state index is 11.7. The Balaban J connectivity index is 2.48. The molecule has 1 fully saturated rings. The van der Waals surface area contributed by atoms with Crippen molar-refractivity contribution in [3.8, 4) is 0 Å². The molecule has 6 heteroatoms. The number of carbonyl (C=O) groups is 1. The van der Waals surface area contributed by atoms with Gasteiger partial charge in [-0.1, -0.05) is 0 Å². The van der Waals surface area contributed by atoms with E-state index in [1.807, 2.05) is 20.8 Å². The van der Waals surface area contributed by atoms with Crippen LogP contribution in [0, 0.1) is 5.92 Å². The maximum Gasteiger partial charge on any atom is 0.309 e. The van der Waals surface area contributed by atoms with Gasteiger partial charge in [0.2, 0.25) is 0 Å². The summed E-state index contributed by atoms with van der Waals surface area (Å²) in [6.07, 6.45) is 2.25. The molecule has 1 rings (SSSR count). The summed E-state index contributed by atoms with van der Waals surface area (Å²) < 4.78 is 32.0. The minimum Gasteiger partial charge on any atom is -0.460 e. The third-order valence-corrected chi connectivity index (χ3v) is 3.06. The van der Waals surface area contributed by atoms with Gasteiger partial charge >= 0.3 is 5.97 Å². The number of esters is 1. The van der Waals surface area contributed by atoms with Gasteiger partial charge in [-0.3, -0.25) is 8.98 Å². The summed E-state index contributed by atoms with van der Waals surface area (Å²) in [5.74, 6) is -0.516. The third kappa shape index (κ3) is 5.50. The molecule has 1 saturated carbocycles. The largest absolute Gasteiger partial charge is 0.460 e. The summed E-state index contributed by atoms with van der Waals surface area (Å²) in [7, 11) is -3.44. The standard InChI is InChI=1S/C11H20O5S/c1-11(2,3)15-10(12)8-5-6-9(7-8)16-17(4,13)14/h8-9H,5-7H2,1-4H3/t8-,9+/m0/s1. The predicted molar refractivity (Wildman–Crippen MR) is 62.9 cm³/mol. The van der Waals surface area contributed by atoms with Gasteiger partial charge in [0, 0.05) is 0 Å². The molecule has 0 bridgehead atoms. The van der Waals surface area contributed by atoms with E-state index < -0.39 is 15.7 Å². The van der Waals surface area contributed by atoms with E-state index in [9.17, 15) is 13.2 Å². The molecular weight excluding hydrogens is 244 g/mol. The Bertz CT molecular complexity index is 379. The zero-order valence-electron chi connectivity index (χ0n) is 10.7. The fourth-order valence-corrected chi connectivity index (χ4v) is 2.54. The first kappa shape index (κ1) is 14.4. The Hall–Kier alpha value is -0.620. The van der Waals surface area contributed by atoms with Crippen LogP contribution >= 0.6 is 0 Å². The van der Waals surface area contributed by atoms with Gasteiger partial charge in [0.05, 0.1) is 18.3 Å². The molecule has 100 valence electrons. The van der Waals surface area contributed by atoms with Crippen LogP contribution in [0.5, 0.6) is 0 Å². The van der Waals surface area contributed by atoms with Crippen LogP contribution < -0.4 is 0 Å². The molecular formula is C11H20O5S. The molecule has 5 nitrogen and oxygen atoms in total. The highest BCUT2D eigenvalue weighted by molar-refractivity contribution is 7.86. The zero-order chi connectivity index (χ0) is 13.3. The first-order valence-electron chi connectivity index (χ1n) is 5.68. The highest BCUT2D eigenvalue weighted by Crippen LogP contribution is 2.30. The summed E-state index contributed by atoms with van der Waals surface area (Å²) in [6.45, 7) is 5.43. The smallest absolute Gasteiger partial charge is 0.309 e. The third-order valence-electron chi connectivity index (χ3n) is 2.44. The Morgan fingerprint density at radius 1 is 1.24 bits per heavy atom. The van der Waals surface area contributed by atoms with Crippen LogP contribution in [0.15, 0.2) is 0 Å². The summed E-state index contributed by atoms with van der Waals surface area (Å²) >= 11 is 0. The first-order chi connectivity index (χ1) is 7.57. The fourth-order valence-electron chi connectivity index (χ4n) is 1.87. The van der Waals surface area contributed by atoms with Crippen molar-refractivity contribution in [2.45, 2.75) is 51.7 Å². The van der Waals surface area contributed by atoms with Crippen molar-refractivity contribution < 1.29 is 22.1 Å². The number of carbonyl (C=O) groups excluding carboxylic acids is 1. The minimum absolute atomic E-state index is 0.249. The summed E-state index contributed by atoms with van der Waals surface area (Å²) in [5.41, 5.74) is -0.507. The van der Waals surface area contributed by atoms with Crippen LogP contribution in [0.1, 0.15) is 40.0 Å². The normalized spacial score (nSPS) is 25.9. The van der Waals surface area contributed by atoms with Gasteiger partial charge in [-0.25, -0.2) is 0 Å². The highest BCUT2D eigenvalue weighted by Gasteiger charge is 2.34. The average molecular weight is 264 g/mol. The predicted octanol–water partition coefficient (Wildman–Crippen LogP) is 1.47. The lowest BCUT2D eigenvalue weighted by molar-refractivity contribution is -0.159. The second kappa shape index (κ2) is 4.94. The quantitative estimate of drug-likeness (QED) is 0.570. The lowest BCUT2D eigenvalue weighted by Gasteiger charge is -2.22. The van der Waals surface area contributed by atoms with Crippen molar-refractivity contribution in [3.05, 3.63) is 0 Å². The van der Waals surface area contributed by atoms with E-state index in [0.29, 0.717) is 19.3 Å². The Kier molecular flexibility index (Phi) is 4.19. The molecule has 0 aliphatic heterocycles. The molecule has 17 heavy (non-hydrogen) atoms. The van der Waals surface area contributed by atoms with Crippen LogP contribution in [0.2, 0.25) is 0 Å². The van der Waals surface area contributed by atoms with Gasteiger partial charge in [0.25, 0.3) is 10.1 Å². The summed E-state index contributed by atoms with van der Waals surface area (Å²) in [4.78, 5) is 11.7. The van der Waals surface area contributed by atoms with Crippen LogP contribution in [-0.4, -0.2) is 32.3 Å². The number of hydrogen-bond acceptors (Lipinski definition) is 5. The molecule has 0 amide bonds.